The van der Waals surface area contributed by atoms with E-state index < -0.39 is 6.10 Å². The first-order chi connectivity index (χ1) is 7.29. The summed E-state index contributed by atoms with van der Waals surface area (Å²) in [6, 6.07) is 9.24. The van der Waals surface area contributed by atoms with E-state index in [9.17, 15) is 5.11 Å². The van der Waals surface area contributed by atoms with E-state index in [2.05, 4.69) is 0 Å². The molecule has 2 rings (SSSR count). The van der Waals surface area contributed by atoms with Crippen LogP contribution in [0.3, 0.4) is 0 Å². The summed E-state index contributed by atoms with van der Waals surface area (Å²) < 4.78 is 0. The van der Waals surface area contributed by atoms with Crippen molar-refractivity contribution < 1.29 is 5.11 Å². The van der Waals surface area contributed by atoms with E-state index in [1.54, 1.807) is 0 Å². The number of aliphatic hydroxyl groups is 1. The van der Waals surface area contributed by atoms with Gasteiger partial charge in [-0.15, -0.1) is 0 Å². The second-order valence-electron chi connectivity index (χ2n) is 3.76. The molecular weight excluding hydrogens is 186 g/mol. The van der Waals surface area contributed by atoms with Crippen molar-refractivity contribution >= 4 is 0 Å². The van der Waals surface area contributed by atoms with Crippen molar-refractivity contribution in [1.82, 2.24) is 0 Å². The number of aliphatic hydroxyl groups excluding tert-OH is 1. The zero-order valence-corrected chi connectivity index (χ0v) is 8.51. The molecule has 1 aromatic rings. The fourth-order valence-corrected chi connectivity index (χ4v) is 1.77. The summed E-state index contributed by atoms with van der Waals surface area (Å²) in [4.78, 5) is 0. The maximum absolute atomic E-state index is 10.1. The van der Waals surface area contributed by atoms with E-state index in [0.29, 0.717) is 0 Å². The predicted molar refractivity (Wildman–Crippen MR) is 61.2 cm³/mol. The van der Waals surface area contributed by atoms with Crippen molar-refractivity contribution in [2.75, 3.05) is 0 Å². The minimum atomic E-state index is -0.614. The lowest BCUT2D eigenvalue weighted by atomic mass is 9.96. The first-order valence-corrected chi connectivity index (χ1v) is 5.13. The van der Waals surface area contributed by atoms with Crippen molar-refractivity contribution in [3.8, 4) is 0 Å². The van der Waals surface area contributed by atoms with Gasteiger partial charge in [0.1, 0.15) is 0 Å². The number of hydrogen-bond donors (Lipinski definition) is 2. The smallest absolute Gasteiger partial charge is 0.0979 e. The number of allylic oxidation sites excluding steroid dienone is 3. The van der Waals surface area contributed by atoms with Crippen LogP contribution in [0.4, 0.5) is 0 Å². The predicted octanol–water partition coefficient (Wildman–Crippen LogP) is 1.93. The molecule has 0 aliphatic heterocycles. The van der Waals surface area contributed by atoms with Crippen molar-refractivity contribution in [3.05, 3.63) is 59.7 Å². The van der Waals surface area contributed by atoms with Crippen molar-refractivity contribution in [3.63, 3.8) is 0 Å². The average molecular weight is 201 g/mol. The van der Waals surface area contributed by atoms with Gasteiger partial charge in [0.25, 0.3) is 0 Å². The molecule has 0 heterocycles. The van der Waals surface area contributed by atoms with Crippen LogP contribution in [0.25, 0.3) is 0 Å². The van der Waals surface area contributed by atoms with Gasteiger partial charge in [0, 0.05) is 0 Å². The maximum atomic E-state index is 10.1. The molecule has 0 aromatic heterocycles. The fraction of sp³-hybridized carbons (Fsp3) is 0.231. The Bertz CT molecular complexity index is 381. The maximum Gasteiger partial charge on any atom is 0.0979 e. The van der Waals surface area contributed by atoms with Gasteiger partial charge in [-0.1, -0.05) is 48.6 Å². The normalized spacial score (nSPS) is 18.7. The zero-order valence-electron chi connectivity index (χ0n) is 8.51. The summed E-state index contributed by atoms with van der Waals surface area (Å²) in [7, 11) is 0. The van der Waals surface area contributed by atoms with E-state index in [4.69, 9.17) is 5.73 Å². The van der Waals surface area contributed by atoms with Gasteiger partial charge in [0.2, 0.25) is 0 Å². The fourth-order valence-electron chi connectivity index (χ4n) is 1.77. The van der Waals surface area contributed by atoms with Crippen LogP contribution in [-0.4, -0.2) is 11.1 Å². The monoisotopic (exact) mass is 201 g/mol. The first-order valence-electron chi connectivity index (χ1n) is 5.13. The van der Waals surface area contributed by atoms with Crippen LogP contribution in [0.2, 0.25) is 0 Å². The van der Waals surface area contributed by atoms with Gasteiger partial charge in [-0.2, -0.15) is 0 Å². The van der Waals surface area contributed by atoms with Crippen molar-refractivity contribution in [2.24, 2.45) is 5.73 Å². The van der Waals surface area contributed by atoms with Crippen LogP contribution < -0.4 is 5.73 Å². The highest BCUT2D eigenvalue weighted by molar-refractivity contribution is 5.31. The van der Waals surface area contributed by atoms with Crippen LogP contribution in [-0.2, 0) is 0 Å². The molecule has 0 saturated carbocycles. The molecule has 1 aliphatic carbocycles. The Hall–Kier alpha value is -1.38. The first kappa shape index (κ1) is 10.1. The van der Waals surface area contributed by atoms with Gasteiger partial charge >= 0.3 is 0 Å². The van der Waals surface area contributed by atoms with Gasteiger partial charge < -0.3 is 10.8 Å². The highest BCUT2D eigenvalue weighted by Gasteiger charge is 2.20. The molecule has 2 nitrogen and oxygen atoms in total. The second kappa shape index (κ2) is 4.43. The Morgan fingerprint density at radius 3 is 2.53 bits per heavy atom. The molecule has 2 heteroatoms. The van der Waals surface area contributed by atoms with Crippen LogP contribution in [0.15, 0.2) is 54.1 Å². The molecule has 0 bridgehead atoms. The molecule has 2 atom stereocenters. The van der Waals surface area contributed by atoms with Gasteiger partial charge in [-0.3, -0.25) is 0 Å². The summed E-state index contributed by atoms with van der Waals surface area (Å²) in [5.41, 5.74) is 7.96. The molecule has 0 saturated heterocycles. The van der Waals surface area contributed by atoms with Crippen LogP contribution in [0.5, 0.6) is 0 Å². The van der Waals surface area contributed by atoms with Gasteiger partial charge in [0.05, 0.1) is 12.1 Å². The minimum Gasteiger partial charge on any atom is -0.386 e. The van der Waals surface area contributed by atoms with Crippen molar-refractivity contribution in [2.45, 2.75) is 18.6 Å². The minimum absolute atomic E-state index is 0.303. The Morgan fingerprint density at radius 1 is 1.20 bits per heavy atom. The summed E-state index contributed by atoms with van der Waals surface area (Å²) in [6.07, 6.45) is 6.25. The summed E-state index contributed by atoms with van der Waals surface area (Å²) >= 11 is 0. The SMILES string of the molecule is N[C@H](C1=CC=CC1)[C@H](O)c1ccccc1. The third-order valence-electron chi connectivity index (χ3n) is 2.71. The zero-order chi connectivity index (χ0) is 10.7. The van der Waals surface area contributed by atoms with Crippen LogP contribution >= 0.6 is 0 Å². The van der Waals surface area contributed by atoms with Gasteiger partial charge in [0.15, 0.2) is 0 Å². The Kier molecular flexibility index (Phi) is 2.99. The topological polar surface area (TPSA) is 46.2 Å². The summed E-state index contributed by atoms with van der Waals surface area (Å²) in [5.74, 6) is 0. The molecule has 0 radical (unpaired) electrons. The summed E-state index contributed by atoms with van der Waals surface area (Å²) in [5, 5.41) is 10.1. The van der Waals surface area contributed by atoms with Gasteiger partial charge in [-0.25, -0.2) is 0 Å². The second-order valence-corrected chi connectivity index (χ2v) is 3.76. The van der Waals surface area contributed by atoms with E-state index in [1.807, 2.05) is 48.6 Å². The van der Waals surface area contributed by atoms with Crippen LogP contribution in [0, 0.1) is 0 Å². The lowest BCUT2D eigenvalue weighted by molar-refractivity contribution is 0.158. The molecule has 0 unspecified atom stereocenters. The van der Waals surface area contributed by atoms with Crippen LogP contribution in [0.1, 0.15) is 18.1 Å². The van der Waals surface area contributed by atoms with Crippen molar-refractivity contribution in [1.29, 1.82) is 0 Å². The number of benzene rings is 1. The molecule has 78 valence electrons. The molecule has 0 fully saturated rings. The summed E-state index contributed by atoms with van der Waals surface area (Å²) in [6.45, 7) is 0. The quantitative estimate of drug-likeness (QED) is 0.785. The highest BCUT2D eigenvalue weighted by Crippen LogP contribution is 2.24. The molecule has 15 heavy (non-hydrogen) atoms. The molecular formula is C13H15NO. The third-order valence-corrected chi connectivity index (χ3v) is 2.71. The number of nitrogens with two attached hydrogens (primary N) is 1. The lowest BCUT2D eigenvalue weighted by Crippen LogP contribution is -2.30. The van der Waals surface area contributed by atoms with E-state index in [1.165, 1.54) is 0 Å². The number of hydrogen-bond acceptors (Lipinski definition) is 2. The Labute approximate surface area is 89.7 Å². The lowest BCUT2D eigenvalue weighted by Gasteiger charge is -2.20. The standard InChI is InChI=1S/C13H15NO/c14-12(10-6-4-5-7-10)13(15)11-8-2-1-3-9-11/h1-6,8-9,12-13,15H,7,14H2/t12-,13-/m1/s1. The number of rotatable bonds is 3. The average Bonchev–Trinajstić information content (AvgIpc) is 2.82. The third kappa shape index (κ3) is 2.17. The molecule has 0 amide bonds. The molecule has 0 spiro atoms. The van der Waals surface area contributed by atoms with E-state index in [0.717, 1.165) is 17.6 Å². The molecule has 3 N–H and O–H groups in total. The molecule has 1 aromatic carbocycles. The Balaban J connectivity index is 2.11. The largest absolute Gasteiger partial charge is 0.386 e. The Morgan fingerprint density at radius 2 is 1.93 bits per heavy atom. The van der Waals surface area contributed by atoms with E-state index in [-0.39, 0.29) is 6.04 Å². The highest BCUT2D eigenvalue weighted by atomic mass is 16.3. The van der Waals surface area contributed by atoms with E-state index >= 15 is 0 Å². The molecule has 1 aliphatic rings. The van der Waals surface area contributed by atoms with Gasteiger partial charge in [-0.05, 0) is 17.6 Å².